The maximum absolute atomic E-state index is 12.4. The van der Waals surface area contributed by atoms with E-state index in [1.54, 1.807) is 4.90 Å². The number of hydrogen-bond acceptors (Lipinski definition) is 3. The van der Waals surface area contributed by atoms with Crippen LogP contribution < -0.4 is 0 Å². The summed E-state index contributed by atoms with van der Waals surface area (Å²) in [6.07, 6.45) is 1.23. The predicted molar refractivity (Wildman–Crippen MR) is 71.2 cm³/mol. The molecule has 0 spiro atoms. The SMILES string of the molecule is O=C(O)C1CN(C(=O)[C@@H]2CCCO2)Cc2ccccc21. The van der Waals surface area contributed by atoms with Crippen LogP contribution in [0.4, 0.5) is 0 Å². The van der Waals surface area contributed by atoms with Crippen molar-refractivity contribution in [2.24, 2.45) is 0 Å². The molecule has 5 nitrogen and oxygen atoms in total. The molecule has 2 atom stereocenters. The first-order valence-corrected chi connectivity index (χ1v) is 6.88. The second-order valence-electron chi connectivity index (χ2n) is 5.31. The number of carboxylic acids is 1. The summed E-state index contributed by atoms with van der Waals surface area (Å²) in [5, 5.41) is 9.38. The van der Waals surface area contributed by atoms with Crippen LogP contribution in [0.15, 0.2) is 24.3 Å². The third-order valence-corrected chi connectivity index (χ3v) is 4.01. The summed E-state index contributed by atoms with van der Waals surface area (Å²) < 4.78 is 5.41. The van der Waals surface area contributed by atoms with Gasteiger partial charge in [-0.25, -0.2) is 0 Å². The van der Waals surface area contributed by atoms with Gasteiger partial charge < -0.3 is 14.7 Å². The highest BCUT2D eigenvalue weighted by atomic mass is 16.5. The molecule has 1 saturated heterocycles. The highest BCUT2D eigenvalue weighted by Crippen LogP contribution is 2.29. The third kappa shape index (κ3) is 2.29. The summed E-state index contributed by atoms with van der Waals surface area (Å²) >= 11 is 0. The number of carbonyl (C=O) groups is 2. The zero-order valence-corrected chi connectivity index (χ0v) is 11.1. The average Bonchev–Trinajstić information content (AvgIpc) is 2.99. The van der Waals surface area contributed by atoms with Crippen molar-refractivity contribution < 1.29 is 19.4 Å². The number of rotatable bonds is 2. The second-order valence-corrected chi connectivity index (χ2v) is 5.31. The zero-order valence-electron chi connectivity index (χ0n) is 11.1. The lowest BCUT2D eigenvalue weighted by Gasteiger charge is -2.34. The van der Waals surface area contributed by atoms with Gasteiger partial charge >= 0.3 is 5.97 Å². The first-order chi connectivity index (χ1) is 9.66. The van der Waals surface area contributed by atoms with E-state index >= 15 is 0 Å². The van der Waals surface area contributed by atoms with Crippen molar-refractivity contribution in [3.8, 4) is 0 Å². The first-order valence-electron chi connectivity index (χ1n) is 6.88. The Morgan fingerprint density at radius 1 is 1.30 bits per heavy atom. The van der Waals surface area contributed by atoms with Gasteiger partial charge in [-0.2, -0.15) is 0 Å². The van der Waals surface area contributed by atoms with Gasteiger partial charge in [0.2, 0.25) is 0 Å². The van der Waals surface area contributed by atoms with Crippen LogP contribution in [-0.4, -0.2) is 41.1 Å². The molecule has 3 rings (SSSR count). The number of nitrogens with zero attached hydrogens (tertiary/aromatic N) is 1. The third-order valence-electron chi connectivity index (χ3n) is 4.01. The fourth-order valence-corrected chi connectivity index (χ4v) is 2.96. The van der Waals surface area contributed by atoms with E-state index < -0.39 is 18.0 Å². The van der Waals surface area contributed by atoms with Gasteiger partial charge in [0.1, 0.15) is 6.10 Å². The monoisotopic (exact) mass is 275 g/mol. The molecule has 0 aliphatic carbocycles. The molecule has 2 aliphatic rings. The molecule has 1 unspecified atom stereocenters. The van der Waals surface area contributed by atoms with Crippen LogP contribution in [0.3, 0.4) is 0 Å². The van der Waals surface area contributed by atoms with Crippen LogP contribution in [-0.2, 0) is 20.9 Å². The van der Waals surface area contributed by atoms with E-state index in [1.165, 1.54) is 0 Å². The quantitative estimate of drug-likeness (QED) is 0.885. The minimum absolute atomic E-state index is 0.0803. The van der Waals surface area contributed by atoms with Crippen molar-refractivity contribution in [3.05, 3.63) is 35.4 Å². The molecule has 1 N–H and O–H groups in total. The van der Waals surface area contributed by atoms with Crippen LogP contribution in [0.25, 0.3) is 0 Å². The molecule has 5 heteroatoms. The van der Waals surface area contributed by atoms with Crippen LogP contribution in [0.5, 0.6) is 0 Å². The number of hydrogen-bond donors (Lipinski definition) is 1. The Bertz CT molecular complexity index is 536. The second kappa shape index (κ2) is 5.25. The van der Waals surface area contributed by atoms with E-state index in [-0.39, 0.29) is 12.5 Å². The largest absolute Gasteiger partial charge is 0.481 e. The fraction of sp³-hybridized carbons (Fsp3) is 0.467. The van der Waals surface area contributed by atoms with Crippen molar-refractivity contribution in [3.63, 3.8) is 0 Å². The lowest BCUT2D eigenvalue weighted by Crippen LogP contribution is -2.44. The van der Waals surface area contributed by atoms with Gasteiger partial charge in [-0.3, -0.25) is 9.59 Å². The number of benzene rings is 1. The van der Waals surface area contributed by atoms with Crippen LogP contribution in [0.1, 0.15) is 29.9 Å². The molecule has 1 fully saturated rings. The van der Waals surface area contributed by atoms with E-state index in [9.17, 15) is 14.7 Å². The average molecular weight is 275 g/mol. The van der Waals surface area contributed by atoms with E-state index in [4.69, 9.17) is 4.74 Å². The topological polar surface area (TPSA) is 66.8 Å². The Labute approximate surface area is 117 Å². The van der Waals surface area contributed by atoms with E-state index in [1.807, 2.05) is 24.3 Å². The number of amides is 1. The minimum atomic E-state index is -0.887. The minimum Gasteiger partial charge on any atom is -0.481 e. The Morgan fingerprint density at radius 3 is 2.80 bits per heavy atom. The van der Waals surface area contributed by atoms with Gasteiger partial charge in [0.25, 0.3) is 5.91 Å². The van der Waals surface area contributed by atoms with E-state index in [0.29, 0.717) is 13.2 Å². The Kier molecular flexibility index (Phi) is 3.44. The van der Waals surface area contributed by atoms with Crippen LogP contribution >= 0.6 is 0 Å². The van der Waals surface area contributed by atoms with Crippen molar-refractivity contribution in [1.82, 2.24) is 4.90 Å². The normalized spacial score (nSPS) is 25.3. The number of aliphatic carboxylic acids is 1. The fourth-order valence-electron chi connectivity index (χ4n) is 2.96. The number of carboxylic acid groups (broad SMARTS) is 1. The summed E-state index contributed by atoms with van der Waals surface area (Å²) in [7, 11) is 0. The Morgan fingerprint density at radius 2 is 2.10 bits per heavy atom. The number of ether oxygens (including phenoxy) is 1. The molecule has 0 bridgehead atoms. The smallest absolute Gasteiger partial charge is 0.312 e. The molecular formula is C15H17NO4. The summed E-state index contributed by atoms with van der Waals surface area (Å²) in [5.74, 6) is -1.61. The molecule has 0 radical (unpaired) electrons. The molecule has 1 aromatic carbocycles. The number of fused-ring (bicyclic) bond motifs is 1. The highest BCUT2D eigenvalue weighted by Gasteiger charge is 2.36. The van der Waals surface area contributed by atoms with Gasteiger partial charge in [-0.15, -0.1) is 0 Å². The maximum atomic E-state index is 12.4. The van der Waals surface area contributed by atoms with Gasteiger partial charge in [-0.05, 0) is 24.0 Å². The summed E-state index contributed by atoms with van der Waals surface area (Å²) in [6, 6.07) is 7.44. The van der Waals surface area contributed by atoms with E-state index in [0.717, 1.165) is 24.0 Å². The molecule has 106 valence electrons. The zero-order chi connectivity index (χ0) is 14.1. The maximum Gasteiger partial charge on any atom is 0.312 e. The van der Waals surface area contributed by atoms with Gasteiger partial charge in [-0.1, -0.05) is 24.3 Å². The lowest BCUT2D eigenvalue weighted by molar-refractivity contribution is -0.145. The summed E-state index contributed by atoms with van der Waals surface area (Å²) in [4.78, 5) is 25.4. The standard InChI is InChI=1S/C15H17NO4/c17-14(13-6-3-7-20-13)16-8-10-4-1-2-5-11(10)12(9-16)15(18)19/h1-2,4-5,12-13H,3,6-9H2,(H,18,19)/t12?,13-/m0/s1. The molecule has 1 amide bonds. The number of carbonyl (C=O) groups excluding carboxylic acids is 1. The van der Waals surface area contributed by atoms with Crippen molar-refractivity contribution in [1.29, 1.82) is 0 Å². The molecule has 2 aliphatic heterocycles. The van der Waals surface area contributed by atoms with Crippen molar-refractivity contribution in [2.75, 3.05) is 13.2 Å². The van der Waals surface area contributed by atoms with Crippen LogP contribution in [0.2, 0.25) is 0 Å². The van der Waals surface area contributed by atoms with E-state index in [2.05, 4.69) is 0 Å². The van der Waals surface area contributed by atoms with Crippen LogP contribution in [0, 0.1) is 0 Å². The van der Waals surface area contributed by atoms with Gasteiger partial charge in [0.15, 0.2) is 0 Å². The highest BCUT2D eigenvalue weighted by molar-refractivity contribution is 5.84. The van der Waals surface area contributed by atoms with Crippen molar-refractivity contribution >= 4 is 11.9 Å². The summed E-state index contributed by atoms with van der Waals surface area (Å²) in [5.41, 5.74) is 1.73. The molecule has 20 heavy (non-hydrogen) atoms. The Hall–Kier alpha value is -1.88. The molecule has 2 heterocycles. The lowest BCUT2D eigenvalue weighted by atomic mass is 9.89. The predicted octanol–water partition coefficient (Wildman–Crippen LogP) is 1.38. The first kappa shape index (κ1) is 13.1. The van der Waals surface area contributed by atoms with Gasteiger partial charge in [0, 0.05) is 19.7 Å². The molecule has 0 aromatic heterocycles. The van der Waals surface area contributed by atoms with Gasteiger partial charge in [0.05, 0.1) is 5.92 Å². The molecular weight excluding hydrogens is 258 g/mol. The molecule has 1 aromatic rings. The van der Waals surface area contributed by atoms with Crippen molar-refractivity contribution in [2.45, 2.75) is 31.4 Å². The summed E-state index contributed by atoms with van der Waals surface area (Å²) in [6.45, 7) is 1.31. The Balaban J connectivity index is 1.86. The molecule has 0 saturated carbocycles.